The Hall–Kier alpha value is -2.41. The van der Waals surface area contributed by atoms with Crippen LogP contribution in [0.15, 0.2) is 42.7 Å². The van der Waals surface area contributed by atoms with Crippen LogP contribution in [0.1, 0.15) is 26.3 Å². The molecule has 7 heteroatoms. The molecule has 1 aromatic carbocycles. The molecule has 130 valence electrons. The third-order valence-electron chi connectivity index (χ3n) is 3.31. The molecular weight excluding hydrogens is 308 g/mol. The third-order valence-corrected chi connectivity index (χ3v) is 3.31. The van der Waals surface area contributed by atoms with Crippen molar-refractivity contribution in [3.8, 4) is 0 Å². The molecule has 2 aromatic rings. The van der Waals surface area contributed by atoms with Crippen molar-refractivity contribution in [3.05, 3.63) is 48.3 Å². The maximum atomic E-state index is 12.1. The van der Waals surface area contributed by atoms with Crippen molar-refractivity contribution in [1.82, 2.24) is 20.3 Å². The van der Waals surface area contributed by atoms with Gasteiger partial charge in [0.2, 0.25) is 0 Å². The van der Waals surface area contributed by atoms with Crippen LogP contribution in [-0.4, -0.2) is 43.9 Å². The molecule has 1 heterocycles. The van der Waals surface area contributed by atoms with Gasteiger partial charge in [-0.25, -0.2) is 9.48 Å². The lowest BCUT2D eigenvalue weighted by Crippen LogP contribution is -2.48. The summed E-state index contributed by atoms with van der Waals surface area (Å²) in [7, 11) is 0. The topological polar surface area (TPSA) is 89.3 Å². The van der Waals surface area contributed by atoms with Crippen molar-refractivity contribution in [1.29, 1.82) is 0 Å². The Bertz CT molecular complexity index is 623. The van der Waals surface area contributed by atoms with E-state index in [1.165, 1.54) is 4.68 Å². The van der Waals surface area contributed by atoms with Crippen molar-refractivity contribution >= 4 is 6.09 Å². The fraction of sp³-hybridized carbons (Fsp3) is 0.471. The van der Waals surface area contributed by atoms with Crippen LogP contribution in [0.3, 0.4) is 0 Å². The molecule has 0 saturated carbocycles. The van der Waals surface area contributed by atoms with Gasteiger partial charge in [-0.3, -0.25) is 0 Å². The van der Waals surface area contributed by atoms with Crippen molar-refractivity contribution in [2.45, 2.75) is 51.5 Å². The van der Waals surface area contributed by atoms with Crippen LogP contribution in [0.25, 0.3) is 0 Å². The van der Waals surface area contributed by atoms with Crippen LogP contribution in [0, 0.1) is 0 Å². The van der Waals surface area contributed by atoms with E-state index in [2.05, 4.69) is 15.6 Å². The molecule has 24 heavy (non-hydrogen) atoms. The van der Waals surface area contributed by atoms with Crippen LogP contribution in [0.2, 0.25) is 0 Å². The number of carbonyl (C=O) groups excluding carboxylic acids is 1. The first-order valence-corrected chi connectivity index (χ1v) is 7.89. The molecule has 2 atom stereocenters. The van der Waals surface area contributed by atoms with Gasteiger partial charge in [0.05, 0.1) is 24.9 Å². The zero-order valence-electron chi connectivity index (χ0n) is 14.2. The van der Waals surface area contributed by atoms with Crippen molar-refractivity contribution < 1.29 is 14.6 Å². The summed E-state index contributed by atoms with van der Waals surface area (Å²) in [5.74, 6) is 0. The van der Waals surface area contributed by atoms with E-state index in [9.17, 15) is 9.90 Å². The smallest absolute Gasteiger partial charge is 0.407 e. The zero-order valence-corrected chi connectivity index (χ0v) is 14.2. The Labute approximate surface area is 141 Å². The van der Waals surface area contributed by atoms with Crippen LogP contribution in [0.5, 0.6) is 0 Å². The molecule has 1 aromatic heterocycles. The molecule has 0 aliphatic heterocycles. The van der Waals surface area contributed by atoms with E-state index < -0.39 is 23.8 Å². The summed E-state index contributed by atoms with van der Waals surface area (Å²) in [6, 6.07) is 9.16. The Morgan fingerprint density at radius 1 is 1.33 bits per heavy atom. The largest absolute Gasteiger partial charge is 0.444 e. The molecule has 1 amide bonds. The summed E-state index contributed by atoms with van der Waals surface area (Å²) in [6.45, 7) is 5.62. The van der Waals surface area contributed by atoms with Gasteiger partial charge < -0.3 is 15.2 Å². The number of benzene rings is 1. The average molecular weight is 332 g/mol. The summed E-state index contributed by atoms with van der Waals surface area (Å²) >= 11 is 0. The average Bonchev–Trinajstić information content (AvgIpc) is 2.98. The van der Waals surface area contributed by atoms with Gasteiger partial charge >= 0.3 is 6.09 Å². The monoisotopic (exact) mass is 332 g/mol. The number of ether oxygens (including phenoxy) is 1. The van der Waals surface area contributed by atoms with Crippen molar-refractivity contribution in [2.75, 3.05) is 0 Å². The second-order valence-electron chi connectivity index (χ2n) is 6.63. The lowest BCUT2D eigenvalue weighted by Gasteiger charge is -2.26. The van der Waals surface area contributed by atoms with E-state index in [0.29, 0.717) is 6.42 Å². The quantitative estimate of drug-likeness (QED) is 0.841. The van der Waals surface area contributed by atoms with Crippen LogP contribution >= 0.6 is 0 Å². The highest BCUT2D eigenvalue weighted by atomic mass is 16.6. The summed E-state index contributed by atoms with van der Waals surface area (Å²) in [6.07, 6.45) is 2.30. The summed E-state index contributed by atoms with van der Waals surface area (Å²) in [5.41, 5.74) is 0.411. The fourth-order valence-electron chi connectivity index (χ4n) is 2.26. The third kappa shape index (κ3) is 6.00. The maximum absolute atomic E-state index is 12.1. The second-order valence-corrected chi connectivity index (χ2v) is 6.63. The van der Waals surface area contributed by atoms with E-state index in [-0.39, 0.29) is 6.54 Å². The number of aliphatic hydroxyl groups is 1. The second kappa shape index (κ2) is 7.92. The normalized spacial score (nSPS) is 14.0. The first-order chi connectivity index (χ1) is 11.3. The summed E-state index contributed by atoms with van der Waals surface area (Å²) in [5, 5.41) is 20.9. The number of amides is 1. The van der Waals surface area contributed by atoms with Gasteiger partial charge in [-0.2, -0.15) is 0 Å². The molecule has 2 N–H and O–H groups in total. The zero-order chi connectivity index (χ0) is 17.6. The van der Waals surface area contributed by atoms with E-state index >= 15 is 0 Å². The maximum Gasteiger partial charge on any atom is 0.407 e. The number of aromatic nitrogens is 3. The number of aliphatic hydroxyl groups excluding tert-OH is 1. The number of nitrogens with zero attached hydrogens (tertiary/aromatic N) is 3. The first kappa shape index (κ1) is 17.9. The minimum atomic E-state index is -0.834. The van der Waals surface area contributed by atoms with Gasteiger partial charge in [0.25, 0.3) is 0 Å². The molecule has 0 unspecified atom stereocenters. The van der Waals surface area contributed by atoms with Crippen LogP contribution in [0.4, 0.5) is 4.79 Å². The predicted molar refractivity (Wildman–Crippen MR) is 89.3 cm³/mol. The molecular formula is C17H24N4O3. The fourth-order valence-corrected chi connectivity index (χ4v) is 2.26. The van der Waals surface area contributed by atoms with Crippen molar-refractivity contribution in [3.63, 3.8) is 0 Å². The van der Waals surface area contributed by atoms with Crippen LogP contribution in [-0.2, 0) is 17.7 Å². The minimum absolute atomic E-state index is 0.229. The Morgan fingerprint density at radius 2 is 2.04 bits per heavy atom. The number of nitrogens with one attached hydrogen (secondary N) is 1. The highest BCUT2D eigenvalue weighted by Crippen LogP contribution is 2.11. The number of alkyl carbamates (subject to hydrolysis) is 1. The van der Waals surface area contributed by atoms with Gasteiger partial charge in [0.1, 0.15) is 5.60 Å². The SMILES string of the molecule is CC(C)(C)OC(=O)N[C@H](Cc1ccccc1)[C@@H](O)Cn1ccnn1. The Balaban J connectivity index is 2.06. The number of rotatable bonds is 6. The lowest BCUT2D eigenvalue weighted by molar-refractivity contribution is 0.0398. The van der Waals surface area contributed by atoms with E-state index in [1.807, 2.05) is 30.3 Å². The lowest BCUT2D eigenvalue weighted by atomic mass is 10.0. The number of hydrogen-bond donors (Lipinski definition) is 2. The summed E-state index contributed by atoms with van der Waals surface area (Å²) < 4.78 is 6.82. The first-order valence-electron chi connectivity index (χ1n) is 7.89. The minimum Gasteiger partial charge on any atom is -0.444 e. The molecule has 7 nitrogen and oxygen atoms in total. The highest BCUT2D eigenvalue weighted by Gasteiger charge is 2.25. The number of carbonyl (C=O) groups is 1. The van der Waals surface area contributed by atoms with Gasteiger partial charge in [0.15, 0.2) is 0 Å². The van der Waals surface area contributed by atoms with E-state index in [0.717, 1.165) is 5.56 Å². The van der Waals surface area contributed by atoms with Crippen molar-refractivity contribution in [2.24, 2.45) is 0 Å². The Kier molecular flexibility index (Phi) is 5.92. The molecule has 0 fully saturated rings. The molecule has 0 saturated heterocycles. The number of hydrogen-bond acceptors (Lipinski definition) is 5. The van der Waals surface area contributed by atoms with E-state index in [4.69, 9.17) is 4.74 Å². The molecule has 0 aliphatic rings. The highest BCUT2D eigenvalue weighted by molar-refractivity contribution is 5.68. The van der Waals surface area contributed by atoms with Gasteiger partial charge in [-0.15, -0.1) is 5.10 Å². The molecule has 0 bridgehead atoms. The van der Waals surface area contributed by atoms with Gasteiger partial charge in [-0.1, -0.05) is 35.5 Å². The molecule has 0 spiro atoms. The standard InChI is InChI=1S/C17H24N4O3/c1-17(2,3)24-16(23)19-14(11-13-7-5-4-6-8-13)15(22)12-21-10-9-18-20-21/h4-10,14-15,22H,11-12H2,1-3H3,(H,19,23)/t14-,15+/m1/s1. The molecule has 0 aliphatic carbocycles. The Morgan fingerprint density at radius 3 is 2.62 bits per heavy atom. The summed E-state index contributed by atoms with van der Waals surface area (Å²) in [4.78, 5) is 12.1. The predicted octanol–water partition coefficient (Wildman–Crippen LogP) is 1.77. The van der Waals surface area contributed by atoms with Crippen LogP contribution < -0.4 is 5.32 Å². The van der Waals surface area contributed by atoms with Gasteiger partial charge in [-0.05, 0) is 32.8 Å². The van der Waals surface area contributed by atoms with E-state index in [1.54, 1.807) is 33.2 Å². The molecule has 0 radical (unpaired) electrons. The van der Waals surface area contributed by atoms with Gasteiger partial charge in [0, 0.05) is 6.20 Å². The molecule has 2 rings (SSSR count).